The Balaban J connectivity index is 2.23. The highest BCUT2D eigenvalue weighted by Crippen LogP contribution is 2.19. The number of aromatic nitrogens is 3. The minimum Gasteiger partial charge on any atom is -0.461 e. The highest BCUT2D eigenvalue weighted by molar-refractivity contribution is 6.00. The summed E-state index contributed by atoms with van der Waals surface area (Å²) < 4.78 is 9.88. The third kappa shape index (κ3) is 1.58. The monoisotopic (exact) mass is 243 g/mol. The molecule has 0 N–H and O–H groups in total. The summed E-state index contributed by atoms with van der Waals surface area (Å²) in [6.45, 7) is 2.00. The molecule has 6 heteroatoms. The first-order chi connectivity index (χ1) is 8.79. The van der Waals surface area contributed by atoms with Crippen LogP contribution in [0, 0.1) is 0 Å². The molecule has 0 unspecified atom stereocenters. The Morgan fingerprint density at radius 3 is 2.72 bits per heavy atom. The molecule has 1 aromatic carbocycles. The number of hydrogen-bond donors (Lipinski definition) is 0. The second-order valence-corrected chi connectivity index (χ2v) is 3.62. The van der Waals surface area contributed by atoms with Crippen LogP contribution in [0.15, 0.2) is 28.8 Å². The number of carbonyl (C=O) groups is 1. The number of esters is 1. The van der Waals surface area contributed by atoms with Gasteiger partial charge in [0, 0.05) is 0 Å². The van der Waals surface area contributed by atoms with Crippen molar-refractivity contribution in [3.05, 3.63) is 30.0 Å². The van der Waals surface area contributed by atoms with Gasteiger partial charge in [0.25, 0.3) is 5.71 Å². The summed E-state index contributed by atoms with van der Waals surface area (Å²) >= 11 is 0. The van der Waals surface area contributed by atoms with Gasteiger partial charge in [0.1, 0.15) is 0 Å². The fourth-order valence-corrected chi connectivity index (χ4v) is 1.67. The van der Waals surface area contributed by atoms with Crippen LogP contribution in [-0.4, -0.2) is 27.7 Å². The molecule has 0 amide bonds. The van der Waals surface area contributed by atoms with Crippen LogP contribution in [0.25, 0.3) is 22.3 Å². The van der Waals surface area contributed by atoms with Crippen molar-refractivity contribution in [1.82, 2.24) is 15.1 Å². The number of rotatable bonds is 2. The lowest BCUT2D eigenvalue weighted by Gasteiger charge is -1.97. The molecule has 2 heterocycles. The molecule has 0 spiro atoms. The van der Waals surface area contributed by atoms with Gasteiger partial charge < -0.3 is 9.26 Å². The average Bonchev–Trinajstić information content (AvgIpc) is 2.79. The van der Waals surface area contributed by atoms with E-state index in [9.17, 15) is 4.79 Å². The molecule has 2 aromatic heterocycles. The van der Waals surface area contributed by atoms with E-state index in [-0.39, 0.29) is 18.0 Å². The van der Waals surface area contributed by atoms with E-state index in [4.69, 9.17) is 9.26 Å². The van der Waals surface area contributed by atoms with Gasteiger partial charge in [-0.2, -0.15) is 0 Å². The van der Waals surface area contributed by atoms with Gasteiger partial charge in [-0.3, -0.25) is 0 Å². The molecule has 3 aromatic rings. The third-order valence-corrected chi connectivity index (χ3v) is 2.46. The molecule has 0 radical (unpaired) electrons. The minimum absolute atomic E-state index is 0.0603. The predicted octanol–water partition coefficient (Wildman–Crippen LogP) is 1.95. The smallest absolute Gasteiger partial charge is 0.362 e. The van der Waals surface area contributed by atoms with Gasteiger partial charge in [0.05, 0.1) is 17.6 Å². The van der Waals surface area contributed by atoms with Crippen molar-refractivity contribution in [2.75, 3.05) is 6.61 Å². The zero-order valence-electron chi connectivity index (χ0n) is 9.58. The molecule has 18 heavy (non-hydrogen) atoms. The molecule has 0 aliphatic carbocycles. The Bertz CT molecular complexity index is 736. The van der Waals surface area contributed by atoms with Gasteiger partial charge in [-0.25, -0.2) is 14.8 Å². The van der Waals surface area contributed by atoms with E-state index in [0.29, 0.717) is 16.6 Å². The van der Waals surface area contributed by atoms with Crippen LogP contribution in [0.3, 0.4) is 0 Å². The van der Waals surface area contributed by atoms with E-state index >= 15 is 0 Å². The maximum absolute atomic E-state index is 11.6. The number of carbonyl (C=O) groups excluding carboxylic acids is 1. The van der Waals surface area contributed by atoms with Gasteiger partial charge in [-0.1, -0.05) is 17.3 Å². The molecule has 6 nitrogen and oxygen atoms in total. The lowest BCUT2D eigenvalue weighted by molar-refractivity contribution is 0.0516. The SMILES string of the molecule is CCOC(=O)c1noc2nc3ccccc3nc12. The van der Waals surface area contributed by atoms with Crippen LogP contribution in [0.2, 0.25) is 0 Å². The number of ether oxygens (including phenoxy) is 1. The summed E-state index contributed by atoms with van der Waals surface area (Å²) in [4.78, 5) is 20.2. The normalized spacial score (nSPS) is 10.9. The summed E-state index contributed by atoms with van der Waals surface area (Å²) in [6, 6.07) is 7.32. The quantitative estimate of drug-likeness (QED) is 0.640. The molecule has 0 atom stereocenters. The second kappa shape index (κ2) is 4.06. The summed E-state index contributed by atoms with van der Waals surface area (Å²) in [5.41, 5.74) is 1.99. The summed E-state index contributed by atoms with van der Waals surface area (Å²) in [6.07, 6.45) is 0. The number of benzene rings is 1. The molecule has 0 fully saturated rings. The maximum atomic E-state index is 11.6. The first-order valence-corrected chi connectivity index (χ1v) is 5.49. The average molecular weight is 243 g/mol. The van der Waals surface area contributed by atoms with Gasteiger partial charge in [-0.05, 0) is 19.1 Å². The minimum atomic E-state index is -0.555. The lowest BCUT2D eigenvalue weighted by atomic mass is 10.3. The molecule has 0 aliphatic heterocycles. The van der Waals surface area contributed by atoms with Crippen LogP contribution in [0.5, 0.6) is 0 Å². The Morgan fingerprint density at radius 2 is 2.00 bits per heavy atom. The zero-order valence-corrected chi connectivity index (χ0v) is 9.58. The number of nitrogens with zero attached hydrogens (tertiary/aromatic N) is 3. The van der Waals surface area contributed by atoms with Crippen molar-refractivity contribution in [2.45, 2.75) is 6.92 Å². The van der Waals surface area contributed by atoms with Crippen molar-refractivity contribution in [2.24, 2.45) is 0 Å². The highest BCUT2D eigenvalue weighted by atomic mass is 16.5. The molecular weight excluding hydrogens is 234 g/mol. The summed E-state index contributed by atoms with van der Waals surface area (Å²) in [7, 11) is 0. The Kier molecular flexibility index (Phi) is 2.40. The maximum Gasteiger partial charge on any atom is 0.362 e. The number of hydrogen-bond acceptors (Lipinski definition) is 6. The van der Waals surface area contributed by atoms with E-state index < -0.39 is 5.97 Å². The Morgan fingerprint density at radius 1 is 1.28 bits per heavy atom. The van der Waals surface area contributed by atoms with Gasteiger partial charge in [0.2, 0.25) is 5.69 Å². The molecule has 0 bridgehead atoms. The second-order valence-electron chi connectivity index (χ2n) is 3.62. The van der Waals surface area contributed by atoms with Gasteiger partial charge >= 0.3 is 5.97 Å². The molecular formula is C12H9N3O3. The topological polar surface area (TPSA) is 78.1 Å². The third-order valence-electron chi connectivity index (χ3n) is 2.46. The predicted molar refractivity (Wildman–Crippen MR) is 63.1 cm³/mol. The van der Waals surface area contributed by atoms with Crippen LogP contribution in [-0.2, 0) is 4.74 Å². The summed E-state index contributed by atoms with van der Waals surface area (Å²) in [5.74, 6) is -0.555. The zero-order chi connectivity index (χ0) is 12.5. The van der Waals surface area contributed by atoms with Crippen molar-refractivity contribution < 1.29 is 14.1 Å². The fourth-order valence-electron chi connectivity index (χ4n) is 1.67. The van der Waals surface area contributed by atoms with Crippen LogP contribution >= 0.6 is 0 Å². The lowest BCUT2D eigenvalue weighted by Crippen LogP contribution is -2.05. The van der Waals surface area contributed by atoms with E-state index in [2.05, 4.69) is 15.1 Å². The van der Waals surface area contributed by atoms with Crippen LogP contribution in [0.1, 0.15) is 17.4 Å². The van der Waals surface area contributed by atoms with Crippen molar-refractivity contribution in [1.29, 1.82) is 0 Å². The van der Waals surface area contributed by atoms with E-state index in [0.717, 1.165) is 0 Å². The number of para-hydroxylation sites is 2. The first kappa shape index (κ1) is 10.6. The van der Waals surface area contributed by atoms with Crippen molar-refractivity contribution >= 4 is 28.2 Å². The standard InChI is InChI=1S/C12H9N3O3/c1-2-17-12(16)10-9-11(18-15-10)14-8-6-4-3-5-7(8)13-9/h3-6H,2H2,1H3. The molecule has 0 aliphatic rings. The van der Waals surface area contributed by atoms with E-state index in [1.54, 1.807) is 6.92 Å². The van der Waals surface area contributed by atoms with E-state index in [1.165, 1.54) is 0 Å². The van der Waals surface area contributed by atoms with Gasteiger partial charge in [0.15, 0.2) is 5.52 Å². The molecule has 0 saturated carbocycles. The molecule has 0 saturated heterocycles. The Hall–Kier alpha value is -2.50. The largest absolute Gasteiger partial charge is 0.461 e. The van der Waals surface area contributed by atoms with Crippen molar-refractivity contribution in [3.63, 3.8) is 0 Å². The van der Waals surface area contributed by atoms with Crippen LogP contribution in [0.4, 0.5) is 0 Å². The number of fused-ring (bicyclic) bond motifs is 2. The Labute approximate surface area is 102 Å². The first-order valence-electron chi connectivity index (χ1n) is 5.49. The molecule has 90 valence electrons. The van der Waals surface area contributed by atoms with E-state index in [1.807, 2.05) is 24.3 Å². The fraction of sp³-hybridized carbons (Fsp3) is 0.167. The van der Waals surface area contributed by atoms with Gasteiger partial charge in [-0.15, -0.1) is 0 Å². The van der Waals surface area contributed by atoms with Crippen molar-refractivity contribution in [3.8, 4) is 0 Å². The summed E-state index contributed by atoms with van der Waals surface area (Å²) in [5, 5.41) is 3.66. The van der Waals surface area contributed by atoms with Crippen LogP contribution < -0.4 is 0 Å². The molecule has 3 rings (SSSR count). The highest BCUT2D eigenvalue weighted by Gasteiger charge is 2.20.